The van der Waals surface area contributed by atoms with Gasteiger partial charge in [0, 0.05) is 19.6 Å². The van der Waals surface area contributed by atoms with Crippen molar-refractivity contribution in [3.8, 4) is 0 Å². The van der Waals surface area contributed by atoms with E-state index in [0.717, 1.165) is 31.5 Å². The molecule has 136 valence electrons. The molecule has 0 saturated carbocycles. The molecule has 2 aromatic rings. The SMILES string of the molecule is O=C(O)CN(Cc1ccccc1)C(=O)c1nc(N2CCCC2)ncc1Cl. The number of benzene rings is 1. The zero-order valence-electron chi connectivity index (χ0n) is 14.1. The summed E-state index contributed by atoms with van der Waals surface area (Å²) in [4.78, 5) is 35.9. The third kappa shape index (κ3) is 4.29. The second-order valence-electron chi connectivity index (χ2n) is 6.10. The average molecular weight is 375 g/mol. The lowest BCUT2D eigenvalue weighted by Crippen LogP contribution is -2.36. The second-order valence-corrected chi connectivity index (χ2v) is 6.51. The van der Waals surface area contributed by atoms with Gasteiger partial charge in [-0.2, -0.15) is 0 Å². The first kappa shape index (κ1) is 18.1. The number of carbonyl (C=O) groups excluding carboxylic acids is 1. The van der Waals surface area contributed by atoms with E-state index in [0.29, 0.717) is 5.95 Å². The molecule has 1 aliphatic heterocycles. The quantitative estimate of drug-likeness (QED) is 0.835. The third-order valence-electron chi connectivity index (χ3n) is 4.15. The summed E-state index contributed by atoms with van der Waals surface area (Å²) in [5.41, 5.74) is 0.854. The largest absolute Gasteiger partial charge is 0.480 e. The predicted molar refractivity (Wildman–Crippen MR) is 97.3 cm³/mol. The van der Waals surface area contributed by atoms with Gasteiger partial charge in [0.05, 0.1) is 11.2 Å². The van der Waals surface area contributed by atoms with Crippen LogP contribution in [0.4, 0.5) is 5.95 Å². The fourth-order valence-electron chi connectivity index (χ4n) is 2.89. The molecule has 0 spiro atoms. The van der Waals surface area contributed by atoms with E-state index in [4.69, 9.17) is 11.6 Å². The molecule has 1 aromatic heterocycles. The number of aliphatic carboxylic acids is 1. The summed E-state index contributed by atoms with van der Waals surface area (Å²) in [5.74, 6) is -1.17. The minimum absolute atomic E-state index is 0.0285. The highest BCUT2D eigenvalue weighted by Crippen LogP contribution is 2.21. The van der Waals surface area contributed by atoms with E-state index in [1.807, 2.05) is 35.2 Å². The van der Waals surface area contributed by atoms with Crippen LogP contribution in [0.5, 0.6) is 0 Å². The molecular weight excluding hydrogens is 356 g/mol. The first-order valence-corrected chi connectivity index (χ1v) is 8.75. The fourth-order valence-corrected chi connectivity index (χ4v) is 3.07. The van der Waals surface area contributed by atoms with Crippen LogP contribution in [0, 0.1) is 0 Å². The Balaban J connectivity index is 1.87. The topological polar surface area (TPSA) is 86.6 Å². The highest BCUT2D eigenvalue weighted by molar-refractivity contribution is 6.33. The number of aromatic nitrogens is 2. The highest BCUT2D eigenvalue weighted by atomic mass is 35.5. The molecule has 26 heavy (non-hydrogen) atoms. The minimum atomic E-state index is -1.10. The molecule has 0 atom stereocenters. The summed E-state index contributed by atoms with van der Waals surface area (Å²) in [6.45, 7) is 1.38. The number of hydrogen-bond donors (Lipinski definition) is 1. The molecule has 0 bridgehead atoms. The Morgan fingerprint density at radius 3 is 2.54 bits per heavy atom. The number of nitrogens with zero attached hydrogens (tertiary/aromatic N) is 4. The Morgan fingerprint density at radius 2 is 1.88 bits per heavy atom. The molecule has 1 saturated heterocycles. The van der Waals surface area contributed by atoms with Crippen LogP contribution in [-0.4, -0.2) is 51.5 Å². The minimum Gasteiger partial charge on any atom is -0.480 e. The van der Waals surface area contributed by atoms with Gasteiger partial charge in [0.1, 0.15) is 6.54 Å². The first-order chi connectivity index (χ1) is 12.5. The monoisotopic (exact) mass is 374 g/mol. The number of amides is 1. The van der Waals surface area contributed by atoms with Crippen molar-refractivity contribution in [2.45, 2.75) is 19.4 Å². The molecule has 3 rings (SSSR count). The Morgan fingerprint density at radius 1 is 1.19 bits per heavy atom. The van der Waals surface area contributed by atoms with Crippen molar-refractivity contribution >= 4 is 29.4 Å². The third-order valence-corrected chi connectivity index (χ3v) is 4.43. The summed E-state index contributed by atoms with van der Waals surface area (Å²) in [5, 5.41) is 9.30. The van der Waals surface area contributed by atoms with E-state index in [9.17, 15) is 14.7 Å². The Labute approximate surface area is 156 Å². The fraction of sp³-hybridized carbons (Fsp3) is 0.333. The number of carbonyl (C=O) groups is 2. The van der Waals surface area contributed by atoms with Crippen molar-refractivity contribution in [3.63, 3.8) is 0 Å². The molecule has 1 aromatic carbocycles. The summed E-state index contributed by atoms with van der Waals surface area (Å²) >= 11 is 6.14. The van der Waals surface area contributed by atoms with Crippen LogP contribution in [-0.2, 0) is 11.3 Å². The van der Waals surface area contributed by atoms with Crippen LogP contribution in [0.3, 0.4) is 0 Å². The molecule has 8 heteroatoms. The smallest absolute Gasteiger partial charge is 0.323 e. The van der Waals surface area contributed by atoms with Crippen LogP contribution >= 0.6 is 11.6 Å². The van der Waals surface area contributed by atoms with Crippen LogP contribution < -0.4 is 4.90 Å². The van der Waals surface area contributed by atoms with Gasteiger partial charge < -0.3 is 14.9 Å². The van der Waals surface area contributed by atoms with Gasteiger partial charge >= 0.3 is 5.97 Å². The van der Waals surface area contributed by atoms with Gasteiger partial charge in [0.2, 0.25) is 5.95 Å². The van der Waals surface area contributed by atoms with Gasteiger partial charge in [-0.3, -0.25) is 9.59 Å². The summed E-state index contributed by atoms with van der Waals surface area (Å²) in [6.07, 6.45) is 3.50. The number of rotatable bonds is 6. The normalized spacial score (nSPS) is 13.7. The summed E-state index contributed by atoms with van der Waals surface area (Å²) in [6, 6.07) is 9.19. The lowest BCUT2D eigenvalue weighted by molar-refractivity contribution is -0.137. The molecule has 1 amide bonds. The second kappa shape index (κ2) is 8.14. The summed E-state index contributed by atoms with van der Waals surface area (Å²) < 4.78 is 0. The van der Waals surface area contributed by atoms with Crippen molar-refractivity contribution < 1.29 is 14.7 Å². The standard InChI is InChI=1S/C18H19ClN4O3/c19-14-10-20-18(22-8-4-5-9-22)21-16(14)17(26)23(12-15(24)25)11-13-6-2-1-3-7-13/h1-3,6-7,10H,4-5,8-9,11-12H2,(H,24,25). The van der Waals surface area contributed by atoms with Crippen LogP contribution in [0.15, 0.2) is 36.5 Å². The van der Waals surface area contributed by atoms with Crippen LogP contribution in [0.1, 0.15) is 28.9 Å². The number of halogens is 1. The maximum absolute atomic E-state index is 12.9. The van der Waals surface area contributed by atoms with Gasteiger partial charge in [-0.1, -0.05) is 41.9 Å². The van der Waals surface area contributed by atoms with Crippen molar-refractivity contribution in [1.82, 2.24) is 14.9 Å². The van der Waals surface area contributed by atoms with Gasteiger partial charge in [0.25, 0.3) is 5.91 Å². The summed E-state index contributed by atoms with van der Waals surface area (Å²) in [7, 11) is 0. The van der Waals surface area contributed by atoms with E-state index in [1.165, 1.54) is 11.1 Å². The number of anilines is 1. The van der Waals surface area contributed by atoms with Gasteiger partial charge in [-0.05, 0) is 18.4 Å². The van der Waals surface area contributed by atoms with E-state index >= 15 is 0 Å². The molecule has 1 aliphatic rings. The average Bonchev–Trinajstić information content (AvgIpc) is 3.16. The number of carboxylic acid groups (broad SMARTS) is 1. The van der Waals surface area contributed by atoms with Gasteiger partial charge in [-0.15, -0.1) is 0 Å². The van der Waals surface area contributed by atoms with Crippen LogP contribution in [0.25, 0.3) is 0 Å². The van der Waals surface area contributed by atoms with Gasteiger partial charge in [-0.25, -0.2) is 9.97 Å². The highest BCUT2D eigenvalue weighted by Gasteiger charge is 2.25. The van der Waals surface area contributed by atoms with Crippen molar-refractivity contribution in [2.24, 2.45) is 0 Å². The van der Waals surface area contributed by atoms with Crippen LogP contribution in [0.2, 0.25) is 5.02 Å². The molecule has 1 N–H and O–H groups in total. The molecule has 1 fully saturated rings. The lowest BCUT2D eigenvalue weighted by Gasteiger charge is -2.22. The van der Waals surface area contributed by atoms with E-state index in [2.05, 4.69) is 9.97 Å². The Hall–Kier alpha value is -2.67. The van der Waals surface area contributed by atoms with E-state index < -0.39 is 18.4 Å². The number of carboxylic acids is 1. The Bertz CT molecular complexity index is 794. The predicted octanol–water partition coefficient (Wildman–Crippen LogP) is 2.46. The number of hydrogen-bond acceptors (Lipinski definition) is 5. The van der Waals surface area contributed by atoms with Crippen molar-refractivity contribution in [2.75, 3.05) is 24.5 Å². The first-order valence-electron chi connectivity index (χ1n) is 8.37. The maximum Gasteiger partial charge on any atom is 0.323 e. The van der Waals surface area contributed by atoms with E-state index in [1.54, 1.807) is 0 Å². The zero-order valence-corrected chi connectivity index (χ0v) is 14.9. The van der Waals surface area contributed by atoms with E-state index in [-0.39, 0.29) is 17.3 Å². The molecular formula is C18H19ClN4O3. The molecule has 2 heterocycles. The lowest BCUT2D eigenvalue weighted by atomic mass is 10.2. The Kier molecular flexibility index (Phi) is 5.68. The molecule has 0 radical (unpaired) electrons. The zero-order chi connectivity index (χ0) is 18.5. The maximum atomic E-state index is 12.9. The van der Waals surface area contributed by atoms with Gasteiger partial charge in [0.15, 0.2) is 5.69 Å². The molecule has 0 unspecified atom stereocenters. The van der Waals surface area contributed by atoms with Crippen molar-refractivity contribution in [3.05, 3.63) is 52.8 Å². The molecule has 0 aliphatic carbocycles. The van der Waals surface area contributed by atoms with Crippen molar-refractivity contribution in [1.29, 1.82) is 0 Å². The molecule has 7 nitrogen and oxygen atoms in total.